The molecule has 1 atom stereocenters. The summed E-state index contributed by atoms with van der Waals surface area (Å²) in [6.07, 6.45) is 0. The van der Waals surface area contributed by atoms with Crippen molar-refractivity contribution in [3.8, 4) is 0 Å². The topological polar surface area (TPSA) is 0 Å². The molecule has 0 aromatic carbocycles. The molecule has 0 saturated heterocycles. The number of rotatable bonds is 0. The first kappa shape index (κ1) is 29.9. The summed E-state index contributed by atoms with van der Waals surface area (Å²) in [5.41, 5.74) is 0. The van der Waals surface area contributed by atoms with E-state index in [1.807, 2.05) is 0 Å². The minimum absolute atomic E-state index is 0. The van der Waals surface area contributed by atoms with Crippen LogP contribution in [0, 0.1) is 35.6 Å². The fourth-order valence-electron chi connectivity index (χ4n) is 0. The third-order valence-corrected chi connectivity index (χ3v) is 0. The van der Waals surface area contributed by atoms with Crippen LogP contribution in [0.15, 0.2) is 0 Å². The first-order valence-electron chi connectivity index (χ1n) is 1.12. The van der Waals surface area contributed by atoms with Gasteiger partial charge in [-0.3, -0.25) is 0 Å². The molecule has 0 fully saturated rings. The van der Waals surface area contributed by atoms with Gasteiger partial charge in [0.2, 0.25) is 0 Å². The van der Waals surface area contributed by atoms with Gasteiger partial charge >= 0.3 is 45.5 Å². The van der Waals surface area contributed by atoms with Gasteiger partial charge in [0.15, 0.2) is 17.4 Å². The van der Waals surface area contributed by atoms with Gasteiger partial charge in [0.1, 0.15) is 6.59 Å². The molecule has 0 saturated carbocycles. The smallest absolute Gasteiger partial charge is 0 e. The Balaban J connectivity index is -0.00000000333. The maximum Gasteiger partial charge on any atom is 0 e. The first-order chi connectivity index (χ1) is 1.41. The third-order valence-electron chi connectivity index (χ3n) is 0. The molecule has 0 amide bonds. The van der Waals surface area contributed by atoms with Gasteiger partial charge in [-0.05, 0) is 10.1 Å². The summed E-state index contributed by atoms with van der Waals surface area (Å²) in [4.78, 5) is 0. The van der Waals surface area contributed by atoms with E-state index in [-0.39, 0.29) is 120 Å². The molecule has 0 nitrogen and oxygen atoms in total. The van der Waals surface area contributed by atoms with Crippen molar-refractivity contribution in [1.29, 1.82) is 0 Å². The van der Waals surface area contributed by atoms with Crippen LogP contribution in [-0.4, -0.2) is 79.5 Å². The van der Waals surface area contributed by atoms with Crippen LogP contribution >= 0.6 is 9.12 Å². The molecule has 0 spiro atoms. The predicted molar refractivity (Wildman–Crippen MR) is 45.3 cm³/mol. The van der Waals surface area contributed by atoms with Gasteiger partial charge in [0.05, 0.1) is 0 Å². The molecule has 0 aliphatic heterocycles. The maximum atomic E-state index is 2.64. The second kappa shape index (κ2) is 31.1. The summed E-state index contributed by atoms with van der Waals surface area (Å²) in [5, 5.41) is 0. The van der Waals surface area contributed by atoms with E-state index in [1.165, 1.54) is 16.7 Å². The van der Waals surface area contributed by atoms with Gasteiger partial charge in [-0.25, -0.2) is 0 Å². The standard InChI is InChI=1S/Al.BH6PSi.La.Sr.Ti.5H/c;2-1-3;;;;;;;;/h;1H,2H2,3H3;;;;;;;;. The molecule has 0 aliphatic rings. The molecule has 0 N–H and O–H groups in total. The molecule has 0 rings (SSSR count). The fraction of sp³-hybridized carbons (Fsp3) is 0. The van der Waals surface area contributed by atoms with Crippen LogP contribution in [-0.2, 0) is 21.7 Å². The quantitative estimate of drug-likeness (QED) is 0.300. The van der Waals surface area contributed by atoms with E-state index >= 15 is 0 Å². The van der Waals surface area contributed by atoms with E-state index < -0.39 is 0 Å². The average Bonchev–Trinajstić information content (AvgIpc) is 0.918. The Hall–Kier alpha value is 4.63. The van der Waals surface area contributed by atoms with Gasteiger partial charge in [-0.1, -0.05) is 0 Å². The van der Waals surface area contributed by atoms with Gasteiger partial charge < -0.3 is 0 Å². The minimum Gasteiger partial charge on any atom is 0 e. The Bertz CT molecular complexity index is 19.7. The van der Waals surface area contributed by atoms with Crippen LogP contribution in [0.25, 0.3) is 0 Å². The van der Waals surface area contributed by atoms with Crippen molar-refractivity contribution in [2.75, 3.05) is 0 Å². The van der Waals surface area contributed by atoms with Crippen molar-refractivity contribution < 1.29 is 57.3 Å². The largest absolute Gasteiger partial charge is 0 e. The zero-order valence-corrected chi connectivity index (χ0v) is 11.7. The molecule has 7 heavy (non-hydrogen) atoms. The Morgan fingerprint density at radius 2 is 1.43 bits per heavy atom. The van der Waals surface area contributed by atoms with Crippen molar-refractivity contribution in [2.45, 2.75) is 0 Å². The second-order valence-electron chi connectivity index (χ2n) is 0.408. The summed E-state index contributed by atoms with van der Waals surface area (Å²) >= 11 is 0. The van der Waals surface area contributed by atoms with Crippen LogP contribution in [0.4, 0.5) is 0 Å². The summed E-state index contributed by atoms with van der Waals surface area (Å²) in [6.45, 7) is 1.31. The molecule has 0 aliphatic carbocycles. The zero-order valence-electron chi connectivity index (χ0n) is 3.36. The van der Waals surface area contributed by atoms with E-state index in [0.29, 0.717) is 0 Å². The number of hydrogen-bond donors (Lipinski definition) is 0. The first-order valence-corrected chi connectivity index (χ1v) is 3.35. The van der Waals surface area contributed by atoms with E-state index in [1.54, 1.807) is 0 Å². The molecule has 7 heteroatoms. The van der Waals surface area contributed by atoms with Crippen molar-refractivity contribution >= 4 is 88.7 Å². The van der Waals surface area contributed by atoms with Gasteiger partial charge in [-0.15, -0.1) is 0 Å². The maximum absolute atomic E-state index is 2.64. The normalized spacial score (nSPS) is 2.43. The second-order valence-corrected chi connectivity index (χ2v) is 3.67. The van der Waals surface area contributed by atoms with Crippen molar-refractivity contribution in [3.63, 3.8) is 0 Å². The van der Waals surface area contributed by atoms with Crippen LogP contribution in [0.3, 0.4) is 0 Å². The summed E-state index contributed by atoms with van der Waals surface area (Å²) in [5.74, 6) is 0. The minimum atomic E-state index is 0. The molecule has 1 unspecified atom stereocenters. The van der Waals surface area contributed by atoms with E-state index in [0.717, 1.165) is 0 Å². The molecule has 35 valence electrons. The van der Waals surface area contributed by atoms with Crippen LogP contribution < -0.4 is 0 Å². The molecule has 0 aromatic heterocycles. The van der Waals surface area contributed by atoms with E-state index in [9.17, 15) is 0 Å². The van der Waals surface area contributed by atoms with Crippen molar-refractivity contribution in [1.82, 2.24) is 0 Å². The Morgan fingerprint density at radius 1 is 1.43 bits per heavy atom. The van der Waals surface area contributed by atoms with Crippen molar-refractivity contribution in [3.05, 3.63) is 0 Å². The van der Waals surface area contributed by atoms with Gasteiger partial charge in [0.25, 0.3) is 0 Å². The summed E-state index contributed by atoms with van der Waals surface area (Å²) in [6, 6.07) is 0. The fourth-order valence-corrected chi connectivity index (χ4v) is 0. The molecule has 0 heterocycles. The third kappa shape index (κ3) is 36.9. The van der Waals surface area contributed by atoms with E-state index in [4.69, 9.17) is 0 Å². The number of hydrogen-bond acceptors (Lipinski definition) is 0. The SMILES string of the molecule is [AlH3].[La].[SiH3]BP.[SrH2].[Ti]. The average molecular weight is 382 g/mol. The van der Waals surface area contributed by atoms with Gasteiger partial charge in [-0.2, -0.15) is 9.12 Å². The Kier molecular flexibility index (Phi) is 133. The summed E-state index contributed by atoms with van der Waals surface area (Å²) in [7, 11) is 3.97. The zero-order chi connectivity index (χ0) is 2.71. The molecular weight excluding hydrogens is 371 g/mol. The van der Waals surface area contributed by atoms with Crippen LogP contribution in [0.1, 0.15) is 0 Å². The summed E-state index contributed by atoms with van der Waals surface area (Å²) < 4.78 is 0. The molecule has 1 radical (unpaired) electrons. The van der Waals surface area contributed by atoms with Crippen LogP contribution in [0.2, 0.25) is 0 Å². The van der Waals surface area contributed by atoms with E-state index in [2.05, 4.69) is 9.12 Å². The van der Waals surface area contributed by atoms with Crippen molar-refractivity contribution in [2.24, 2.45) is 0 Å². The van der Waals surface area contributed by atoms with Crippen LogP contribution in [0.5, 0.6) is 0 Å². The molecule has 0 bridgehead atoms. The van der Waals surface area contributed by atoms with Gasteiger partial charge in [0, 0.05) is 57.3 Å². The molecule has 0 aromatic rings. The Morgan fingerprint density at radius 3 is 1.43 bits per heavy atom. The monoisotopic (exact) mass is 383 g/mol. The molecular formula is H11AlBLaPSiSrTi. The Labute approximate surface area is 142 Å². The predicted octanol–water partition coefficient (Wildman–Crippen LogP) is -3.61.